The molecule has 1 N–H and O–H groups in total. The van der Waals surface area contributed by atoms with E-state index in [1.165, 1.54) is 16.7 Å². The monoisotopic (exact) mass is 412 g/mol. The Morgan fingerprint density at radius 1 is 1.06 bits per heavy atom. The predicted octanol–water partition coefficient (Wildman–Crippen LogP) is 4.25. The molecule has 0 spiro atoms. The molecule has 1 aliphatic carbocycles. The van der Waals surface area contributed by atoms with Crippen molar-refractivity contribution >= 4 is 5.82 Å². The first-order chi connectivity index (χ1) is 15.1. The minimum Gasteiger partial charge on any atom is -0.434 e. The Kier molecular flexibility index (Phi) is 4.60. The van der Waals surface area contributed by atoms with Crippen LogP contribution in [0, 0.1) is 18.2 Å². The number of aromatic nitrogens is 3. The van der Waals surface area contributed by atoms with Crippen molar-refractivity contribution in [2.45, 2.75) is 18.9 Å². The van der Waals surface area contributed by atoms with Gasteiger partial charge in [-0.05, 0) is 37.1 Å². The van der Waals surface area contributed by atoms with E-state index in [0.29, 0.717) is 28.7 Å². The van der Waals surface area contributed by atoms with Gasteiger partial charge in [-0.25, -0.2) is 13.8 Å². The van der Waals surface area contributed by atoms with Gasteiger partial charge in [0.2, 0.25) is 5.89 Å². The van der Waals surface area contributed by atoms with Crippen LogP contribution in [0.5, 0.6) is 0 Å². The molecule has 2 aromatic carbocycles. The Labute approximate surface area is 177 Å². The number of oxazole rings is 1. The fraction of sp³-hybridized carbons (Fsp3) is 0.125. The second-order valence-electron chi connectivity index (χ2n) is 7.26. The zero-order valence-corrected chi connectivity index (χ0v) is 16.4. The molecular weight excluding hydrogens is 395 g/mol. The molecule has 152 valence electrons. The van der Waals surface area contributed by atoms with Crippen LogP contribution in [-0.4, -0.2) is 20.6 Å². The quantitative estimate of drug-likeness (QED) is 0.496. The predicted molar refractivity (Wildman–Crippen MR) is 115 cm³/mol. The van der Waals surface area contributed by atoms with Crippen LogP contribution in [0.2, 0.25) is 0 Å². The molecule has 0 radical (unpaired) electrons. The topological polar surface area (TPSA) is 73.0 Å². The van der Waals surface area contributed by atoms with Crippen LogP contribution in [0.3, 0.4) is 0 Å². The normalized spacial score (nSPS) is 13.0. The van der Waals surface area contributed by atoms with E-state index in [-0.39, 0.29) is 17.5 Å². The SMILES string of the molecule is C#Cc1cn(-c2nc(-c3ccc(F)cc3)oc2-c2ccccc2)c(=O)nc1NC1CC1. The summed E-state index contributed by atoms with van der Waals surface area (Å²) in [6.07, 6.45) is 9.27. The Morgan fingerprint density at radius 2 is 1.81 bits per heavy atom. The molecular formula is C24H17FN4O2. The third-order valence-electron chi connectivity index (χ3n) is 4.97. The van der Waals surface area contributed by atoms with Gasteiger partial charge in [0.15, 0.2) is 11.6 Å². The molecule has 6 nitrogen and oxygen atoms in total. The van der Waals surface area contributed by atoms with Crippen LogP contribution in [-0.2, 0) is 0 Å². The highest BCUT2D eigenvalue weighted by atomic mass is 19.1. The standard InChI is InChI=1S/C24H17FN4O2/c1-2-15-14-29(24(30)27-21(15)26-19-12-13-19)22-20(16-6-4-3-5-7-16)31-23(28-22)17-8-10-18(25)11-9-17/h1,3-11,14,19H,12-13H2,(H,26,27,30). The second-order valence-corrected chi connectivity index (χ2v) is 7.26. The molecule has 4 aromatic rings. The number of rotatable bonds is 5. The molecule has 1 saturated carbocycles. The van der Waals surface area contributed by atoms with Crippen molar-refractivity contribution in [3.63, 3.8) is 0 Å². The van der Waals surface area contributed by atoms with Crippen LogP contribution >= 0.6 is 0 Å². The van der Waals surface area contributed by atoms with Gasteiger partial charge in [-0.1, -0.05) is 36.3 Å². The van der Waals surface area contributed by atoms with Crippen LogP contribution in [0.4, 0.5) is 10.2 Å². The molecule has 0 saturated heterocycles. The van der Waals surface area contributed by atoms with E-state index in [1.807, 2.05) is 30.3 Å². The van der Waals surface area contributed by atoms with Crippen LogP contribution < -0.4 is 11.0 Å². The Bertz CT molecular complexity index is 1350. The lowest BCUT2D eigenvalue weighted by Crippen LogP contribution is -2.24. The molecule has 0 aliphatic heterocycles. The largest absolute Gasteiger partial charge is 0.434 e. The van der Waals surface area contributed by atoms with Gasteiger partial charge in [0.05, 0.1) is 5.56 Å². The average molecular weight is 412 g/mol. The number of nitrogens with zero attached hydrogens (tertiary/aromatic N) is 3. The molecule has 31 heavy (non-hydrogen) atoms. The van der Waals surface area contributed by atoms with Crippen molar-refractivity contribution in [3.8, 4) is 40.9 Å². The lowest BCUT2D eigenvalue weighted by atomic mass is 10.2. The lowest BCUT2D eigenvalue weighted by molar-refractivity contribution is 0.587. The van der Waals surface area contributed by atoms with Gasteiger partial charge in [0.25, 0.3) is 0 Å². The van der Waals surface area contributed by atoms with E-state index in [2.05, 4.69) is 21.2 Å². The van der Waals surface area contributed by atoms with Gasteiger partial charge >= 0.3 is 5.69 Å². The minimum atomic E-state index is -0.529. The van der Waals surface area contributed by atoms with Gasteiger partial charge in [0.1, 0.15) is 11.6 Å². The Morgan fingerprint density at radius 3 is 2.48 bits per heavy atom. The zero-order chi connectivity index (χ0) is 21.4. The fourth-order valence-corrected chi connectivity index (χ4v) is 3.21. The van der Waals surface area contributed by atoms with Crippen LogP contribution in [0.15, 0.2) is 70.0 Å². The molecule has 0 amide bonds. The van der Waals surface area contributed by atoms with Crippen molar-refractivity contribution in [1.29, 1.82) is 0 Å². The molecule has 1 fully saturated rings. The van der Waals surface area contributed by atoms with E-state index in [9.17, 15) is 9.18 Å². The van der Waals surface area contributed by atoms with E-state index in [4.69, 9.17) is 10.8 Å². The molecule has 0 atom stereocenters. The number of hydrogen-bond donors (Lipinski definition) is 1. The summed E-state index contributed by atoms with van der Waals surface area (Å²) in [5.41, 5.74) is 1.23. The maximum Gasteiger partial charge on any atom is 0.355 e. The Balaban J connectivity index is 1.68. The number of terminal acetylenes is 1. The maximum absolute atomic E-state index is 13.4. The van der Waals surface area contributed by atoms with Crippen molar-refractivity contribution in [2.24, 2.45) is 0 Å². The third kappa shape index (κ3) is 3.71. The van der Waals surface area contributed by atoms with Crippen LogP contribution in [0.1, 0.15) is 18.4 Å². The first kappa shape index (κ1) is 18.8. The molecule has 2 heterocycles. The molecule has 5 rings (SSSR count). The van der Waals surface area contributed by atoms with Crippen molar-refractivity contribution in [3.05, 3.63) is 82.7 Å². The summed E-state index contributed by atoms with van der Waals surface area (Å²) < 4.78 is 20.7. The highest BCUT2D eigenvalue weighted by molar-refractivity contribution is 5.69. The van der Waals surface area contributed by atoms with E-state index >= 15 is 0 Å². The maximum atomic E-state index is 13.4. The Hall–Kier alpha value is -4.18. The lowest BCUT2D eigenvalue weighted by Gasteiger charge is -2.09. The summed E-state index contributed by atoms with van der Waals surface area (Å²) in [7, 11) is 0. The van der Waals surface area contributed by atoms with Gasteiger partial charge in [-0.2, -0.15) is 9.97 Å². The molecule has 0 unspecified atom stereocenters. The van der Waals surface area contributed by atoms with Gasteiger partial charge in [0, 0.05) is 23.4 Å². The van der Waals surface area contributed by atoms with E-state index < -0.39 is 5.69 Å². The minimum absolute atomic E-state index is 0.253. The number of anilines is 1. The highest BCUT2D eigenvalue weighted by Gasteiger charge is 2.24. The molecule has 1 aliphatic rings. The zero-order valence-electron chi connectivity index (χ0n) is 16.4. The summed E-state index contributed by atoms with van der Waals surface area (Å²) in [4.78, 5) is 21.6. The smallest absolute Gasteiger partial charge is 0.355 e. The van der Waals surface area contributed by atoms with Crippen molar-refractivity contribution < 1.29 is 8.81 Å². The summed E-state index contributed by atoms with van der Waals surface area (Å²) in [5.74, 6) is 3.52. The summed E-state index contributed by atoms with van der Waals surface area (Å²) in [6, 6.07) is 15.4. The van der Waals surface area contributed by atoms with Gasteiger partial charge < -0.3 is 9.73 Å². The number of hydrogen-bond acceptors (Lipinski definition) is 5. The highest BCUT2D eigenvalue weighted by Crippen LogP contribution is 2.32. The number of halogens is 1. The summed E-state index contributed by atoms with van der Waals surface area (Å²) in [6.45, 7) is 0. The van der Waals surface area contributed by atoms with E-state index in [1.54, 1.807) is 18.3 Å². The van der Waals surface area contributed by atoms with Crippen molar-refractivity contribution in [2.75, 3.05) is 5.32 Å². The fourth-order valence-electron chi connectivity index (χ4n) is 3.21. The van der Waals surface area contributed by atoms with Gasteiger partial charge in [-0.15, -0.1) is 6.42 Å². The second kappa shape index (κ2) is 7.58. The van der Waals surface area contributed by atoms with E-state index in [0.717, 1.165) is 18.4 Å². The summed E-state index contributed by atoms with van der Waals surface area (Å²) >= 11 is 0. The first-order valence-corrected chi connectivity index (χ1v) is 9.82. The average Bonchev–Trinajstić information content (AvgIpc) is 3.50. The van der Waals surface area contributed by atoms with Crippen molar-refractivity contribution in [1.82, 2.24) is 14.5 Å². The van der Waals surface area contributed by atoms with Gasteiger partial charge in [-0.3, -0.25) is 0 Å². The summed E-state index contributed by atoms with van der Waals surface area (Å²) in [5, 5.41) is 3.19. The van der Waals surface area contributed by atoms with Crippen LogP contribution in [0.25, 0.3) is 28.6 Å². The number of nitrogens with one attached hydrogen (secondary N) is 1. The molecule has 0 bridgehead atoms. The third-order valence-corrected chi connectivity index (χ3v) is 4.97. The molecule has 2 aromatic heterocycles. The number of benzene rings is 2. The molecule has 7 heteroatoms. The first-order valence-electron chi connectivity index (χ1n) is 9.82.